The van der Waals surface area contributed by atoms with Crippen LogP contribution in [0.15, 0.2) is 48.5 Å². The summed E-state index contributed by atoms with van der Waals surface area (Å²) in [4.78, 5) is 16.3. The Kier molecular flexibility index (Phi) is 7.23. The molecule has 1 amide bonds. The third-order valence-corrected chi connectivity index (χ3v) is 6.38. The van der Waals surface area contributed by atoms with Gasteiger partial charge in [-0.05, 0) is 49.0 Å². The van der Waals surface area contributed by atoms with Crippen molar-refractivity contribution in [2.75, 3.05) is 50.4 Å². The Bertz CT molecular complexity index is 957. The van der Waals surface area contributed by atoms with Gasteiger partial charge >= 0.3 is 0 Å². The van der Waals surface area contributed by atoms with E-state index in [1.165, 1.54) is 10.6 Å². The number of hydrogen-bond acceptors (Lipinski definition) is 5. The first kappa shape index (κ1) is 22.4. The van der Waals surface area contributed by atoms with E-state index < -0.39 is 10.0 Å². The maximum Gasteiger partial charge on any atom is 0.260 e. The summed E-state index contributed by atoms with van der Waals surface area (Å²) in [5.74, 6) is 0.467. The molecule has 1 heterocycles. The summed E-state index contributed by atoms with van der Waals surface area (Å²) in [6.07, 6.45) is 1.17. The Morgan fingerprint density at radius 1 is 1.03 bits per heavy atom. The summed E-state index contributed by atoms with van der Waals surface area (Å²) in [7, 11) is -1.45. The van der Waals surface area contributed by atoms with E-state index in [0.29, 0.717) is 29.5 Å². The number of likely N-dealkylation sites (N-methyl/N-ethyl adjacent to an activating group) is 1. The first-order valence-electron chi connectivity index (χ1n) is 9.64. The Morgan fingerprint density at radius 2 is 1.63 bits per heavy atom. The van der Waals surface area contributed by atoms with E-state index in [1.54, 1.807) is 53.4 Å². The second-order valence-electron chi connectivity index (χ2n) is 7.36. The maximum atomic E-state index is 12.3. The van der Waals surface area contributed by atoms with Crippen LogP contribution in [0.2, 0.25) is 5.02 Å². The molecule has 0 radical (unpaired) electrons. The molecule has 7 nitrogen and oxygen atoms in total. The number of piperazine rings is 1. The van der Waals surface area contributed by atoms with Gasteiger partial charge in [0.2, 0.25) is 10.0 Å². The molecule has 1 fully saturated rings. The lowest BCUT2D eigenvalue weighted by molar-refractivity contribution is -0.134. The Hall–Kier alpha value is -2.29. The molecule has 1 saturated heterocycles. The van der Waals surface area contributed by atoms with Crippen LogP contribution in [0.5, 0.6) is 5.75 Å². The van der Waals surface area contributed by atoms with Crippen molar-refractivity contribution in [3.05, 3.63) is 59.1 Å². The number of carbonyl (C=O) groups is 1. The van der Waals surface area contributed by atoms with Gasteiger partial charge in [-0.1, -0.05) is 23.7 Å². The van der Waals surface area contributed by atoms with Crippen LogP contribution in [0.25, 0.3) is 0 Å². The minimum Gasteiger partial charge on any atom is -0.484 e. The van der Waals surface area contributed by atoms with Crippen LogP contribution in [0.4, 0.5) is 5.69 Å². The van der Waals surface area contributed by atoms with Crippen LogP contribution in [0, 0.1) is 0 Å². The fraction of sp³-hybridized carbons (Fsp3) is 0.381. The lowest BCUT2D eigenvalue weighted by Gasteiger charge is -2.32. The van der Waals surface area contributed by atoms with Crippen molar-refractivity contribution >= 4 is 33.2 Å². The maximum absolute atomic E-state index is 12.3. The molecule has 0 spiro atoms. The van der Waals surface area contributed by atoms with Crippen LogP contribution in [-0.4, -0.2) is 70.2 Å². The van der Waals surface area contributed by atoms with Gasteiger partial charge in [0, 0.05) is 31.2 Å². The van der Waals surface area contributed by atoms with Crippen LogP contribution >= 0.6 is 11.6 Å². The van der Waals surface area contributed by atoms with Gasteiger partial charge in [-0.25, -0.2) is 8.42 Å². The number of ether oxygens (including phenoxy) is 1. The standard InChI is InChI=1S/C21H26ClN3O4S/c1-23-11-13-24(14-12-23)21(26)16-29-20-9-7-19(8-10-20)25(30(2,27)28)15-17-3-5-18(22)6-4-17/h3-10H,11-16H2,1-2H3. The molecule has 0 aromatic heterocycles. The molecular weight excluding hydrogens is 426 g/mol. The summed E-state index contributed by atoms with van der Waals surface area (Å²) in [5.41, 5.74) is 1.34. The van der Waals surface area contributed by atoms with E-state index in [1.807, 2.05) is 7.05 Å². The molecule has 0 aliphatic carbocycles. The molecule has 0 unspecified atom stereocenters. The second kappa shape index (κ2) is 9.68. The highest BCUT2D eigenvalue weighted by Gasteiger charge is 2.20. The zero-order valence-corrected chi connectivity index (χ0v) is 18.7. The predicted octanol–water partition coefficient (Wildman–Crippen LogP) is 2.46. The third kappa shape index (κ3) is 6.10. The molecule has 3 rings (SSSR count). The van der Waals surface area contributed by atoms with Crippen molar-refractivity contribution in [3.63, 3.8) is 0 Å². The number of nitrogens with zero attached hydrogens (tertiary/aromatic N) is 3. The number of amides is 1. The number of halogens is 1. The minimum atomic E-state index is -3.49. The smallest absolute Gasteiger partial charge is 0.260 e. The van der Waals surface area contributed by atoms with Crippen LogP contribution in [0.3, 0.4) is 0 Å². The SMILES string of the molecule is CN1CCN(C(=O)COc2ccc(N(Cc3ccc(Cl)cc3)S(C)(=O)=O)cc2)CC1. The van der Waals surface area contributed by atoms with Gasteiger partial charge in [0.15, 0.2) is 6.61 Å². The largest absolute Gasteiger partial charge is 0.484 e. The molecule has 0 bridgehead atoms. The van der Waals surface area contributed by atoms with Crippen LogP contribution < -0.4 is 9.04 Å². The van der Waals surface area contributed by atoms with Gasteiger partial charge in [-0.15, -0.1) is 0 Å². The highest BCUT2D eigenvalue weighted by molar-refractivity contribution is 7.92. The molecule has 1 aliphatic heterocycles. The Labute approximate surface area is 182 Å². The lowest BCUT2D eigenvalue weighted by atomic mass is 10.2. The number of benzene rings is 2. The number of anilines is 1. The average molecular weight is 452 g/mol. The number of sulfonamides is 1. The second-order valence-corrected chi connectivity index (χ2v) is 9.71. The summed E-state index contributed by atoms with van der Waals surface area (Å²) in [5, 5.41) is 0.595. The quantitative estimate of drug-likeness (QED) is 0.646. The first-order chi connectivity index (χ1) is 14.2. The summed E-state index contributed by atoms with van der Waals surface area (Å²) < 4.78 is 31.6. The number of carbonyl (C=O) groups excluding carboxylic acids is 1. The molecule has 2 aromatic carbocycles. The van der Waals surface area contributed by atoms with Crippen molar-refractivity contribution in [1.29, 1.82) is 0 Å². The van der Waals surface area contributed by atoms with Gasteiger partial charge < -0.3 is 14.5 Å². The van der Waals surface area contributed by atoms with Crippen LogP contribution in [-0.2, 0) is 21.4 Å². The molecule has 0 saturated carbocycles. The topological polar surface area (TPSA) is 70.2 Å². The van der Waals surface area contributed by atoms with Gasteiger partial charge in [-0.3, -0.25) is 9.10 Å². The Balaban J connectivity index is 1.63. The molecule has 162 valence electrons. The molecule has 0 atom stereocenters. The summed E-state index contributed by atoms with van der Waals surface area (Å²) in [6.45, 7) is 3.27. The van der Waals surface area contributed by atoms with E-state index in [9.17, 15) is 13.2 Å². The number of hydrogen-bond donors (Lipinski definition) is 0. The van der Waals surface area contributed by atoms with Crippen molar-refractivity contribution in [3.8, 4) is 5.75 Å². The van der Waals surface area contributed by atoms with Gasteiger partial charge in [-0.2, -0.15) is 0 Å². The van der Waals surface area contributed by atoms with Crippen molar-refractivity contribution in [1.82, 2.24) is 9.80 Å². The van der Waals surface area contributed by atoms with E-state index in [0.717, 1.165) is 18.7 Å². The highest BCUT2D eigenvalue weighted by Crippen LogP contribution is 2.24. The van der Waals surface area contributed by atoms with Gasteiger partial charge in [0.05, 0.1) is 18.5 Å². The van der Waals surface area contributed by atoms with Crippen molar-refractivity contribution in [2.45, 2.75) is 6.54 Å². The fourth-order valence-corrected chi connectivity index (χ4v) is 4.17. The summed E-state index contributed by atoms with van der Waals surface area (Å²) >= 11 is 5.91. The molecule has 1 aliphatic rings. The minimum absolute atomic E-state index is 0.0381. The van der Waals surface area contributed by atoms with E-state index in [2.05, 4.69) is 4.90 Å². The van der Waals surface area contributed by atoms with Crippen molar-refractivity contribution < 1.29 is 17.9 Å². The molecule has 2 aromatic rings. The average Bonchev–Trinajstić information content (AvgIpc) is 2.72. The normalized spacial score (nSPS) is 15.1. The first-order valence-corrected chi connectivity index (χ1v) is 11.9. The van der Waals surface area contributed by atoms with E-state index >= 15 is 0 Å². The zero-order valence-electron chi connectivity index (χ0n) is 17.1. The highest BCUT2D eigenvalue weighted by atomic mass is 35.5. The lowest BCUT2D eigenvalue weighted by Crippen LogP contribution is -2.48. The van der Waals surface area contributed by atoms with Gasteiger partial charge in [0.25, 0.3) is 5.91 Å². The molecule has 9 heteroatoms. The third-order valence-electron chi connectivity index (χ3n) is 4.98. The monoisotopic (exact) mass is 451 g/mol. The fourth-order valence-electron chi connectivity index (χ4n) is 3.16. The molecule has 30 heavy (non-hydrogen) atoms. The zero-order chi connectivity index (χ0) is 21.7. The van der Waals surface area contributed by atoms with Crippen molar-refractivity contribution in [2.24, 2.45) is 0 Å². The number of rotatable bonds is 7. The van der Waals surface area contributed by atoms with E-state index in [-0.39, 0.29) is 19.1 Å². The van der Waals surface area contributed by atoms with Crippen LogP contribution in [0.1, 0.15) is 5.56 Å². The summed E-state index contributed by atoms with van der Waals surface area (Å²) in [6, 6.07) is 13.7. The molecular formula is C21H26ClN3O4S. The molecule has 0 N–H and O–H groups in total. The van der Waals surface area contributed by atoms with Gasteiger partial charge in [0.1, 0.15) is 5.75 Å². The Morgan fingerprint density at radius 3 is 2.20 bits per heavy atom. The van der Waals surface area contributed by atoms with E-state index in [4.69, 9.17) is 16.3 Å². The predicted molar refractivity (Wildman–Crippen MR) is 118 cm³/mol.